The van der Waals surface area contributed by atoms with E-state index in [-0.39, 0.29) is 11.0 Å². The second-order valence-electron chi connectivity index (χ2n) is 5.06. The average molecular weight is 342 g/mol. The largest absolute Gasteiger partial charge is 0.467 e. The van der Waals surface area contributed by atoms with Gasteiger partial charge < -0.3 is 10.1 Å². The highest BCUT2D eigenvalue weighted by Gasteiger charge is 2.21. The maximum atomic E-state index is 12.1. The molecule has 2 aromatic carbocycles. The SMILES string of the molecule is COC(=O)[C@H](Cc1ccccc1)NC(=S)NC(=O)c1ccccc1. The van der Waals surface area contributed by atoms with Gasteiger partial charge in [-0.3, -0.25) is 10.1 Å². The van der Waals surface area contributed by atoms with Crippen molar-refractivity contribution in [1.82, 2.24) is 10.6 Å². The molecule has 6 heteroatoms. The van der Waals surface area contributed by atoms with Crippen LogP contribution in [0.15, 0.2) is 60.7 Å². The van der Waals surface area contributed by atoms with Crippen molar-refractivity contribution < 1.29 is 14.3 Å². The van der Waals surface area contributed by atoms with E-state index in [1.807, 2.05) is 36.4 Å². The Morgan fingerprint density at radius 3 is 2.21 bits per heavy atom. The summed E-state index contributed by atoms with van der Waals surface area (Å²) in [5.74, 6) is -0.786. The Labute approximate surface area is 146 Å². The minimum absolute atomic E-state index is 0.0789. The fraction of sp³-hybridized carbons (Fsp3) is 0.167. The fourth-order valence-electron chi connectivity index (χ4n) is 2.14. The zero-order valence-corrected chi connectivity index (χ0v) is 14.0. The maximum Gasteiger partial charge on any atom is 0.328 e. The van der Waals surface area contributed by atoms with Crippen LogP contribution in [-0.4, -0.2) is 30.1 Å². The normalized spacial score (nSPS) is 11.2. The van der Waals surface area contributed by atoms with Crippen molar-refractivity contribution in [2.75, 3.05) is 7.11 Å². The number of hydrogen-bond acceptors (Lipinski definition) is 4. The fourth-order valence-corrected chi connectivity index (χ4v) is 2.38. The molecule has 2 rings (SSSR count). The topological polar surface area (TPSA) is 67.4 Å². The molecular formula is C18H18N2O3S. The lowest BCUT2D eigenvalue weighted by atomic mass is 10.1. The first kappa shape index (κ1) is 17.6. The molecule has 0 radical (unpaired) electrons. The lowest BCUT2D eigenvalue weighted by Crippen LogP contribution is -2.49. The van der Waals surface area contributed by atoms with Crippen LogP contribution in [0.4, 0.5) is 0 Å². The van der Waals surface area contributed by atoms with Crippen molar-refractivity contribution in [1.29, 1.82) is 0 Å². The Bertz CT molecular complexity index is 705. The van der Waals surface area contributed by atoms with E-state index >= 15 is 0 Å². The van der Waals surface area contributed by atoms with Gasteiger partial charge in [0.25, 0.3) is 5.91 Å². The van der Waals surface area contributed by atoms with Crippen LogP contribution in [0.1, 0.15) is 15.9 Å². The second-order valence-corrected chi connectivity index (χ2v) is 5.47. The summed E-state index contributed by atoms with van der Waals surface area (Å²) >= 11 is 5.14. The molecule has 2 aromatic rings. The van der Waals surface area contributed by atoms with Crippen molar-refractivity contribution in [3.8, 4) is 0 Å². The van der Waals surface area contributed by atoms with Gasteiger partial charge in [-0.05, 0) is 29.9 Å². The summed E-state index contributed by atoms with van der Waals surface area (Å²) in [4.78, 5) is 24.0. The Kier molecular flexibility index (Phi) is 6.45. The number of hydrogen-bond donors (Lipinski definition) is 2. The molecule has 0 heterocycles. The molecule has 2 N–H and O–H groups in total. The van der Waals surface area contributed by atoms with Crippen molar-refractivity contribution in [3.05, 3.63) is 71.8 Å². The third-order valence-electron chi connectivity index (χ3n) is 3.34. The molecule has 1 amide bonds. The molecule has 0 aromatic heterocycles. The van der Waals surface area contributed by atoms with Crippen LogP contribution >= 0.6 is 12.2 Å². The lowest BCUT2D eigenvalue weighted by Gasteiger charge is -2.18. The highest BCUT2D eigenvalue weighted by molar-refractivity contribution is 7.80. The van der Waals surface area contributed by atoms with E-state index in [0.717, 1.165) is 5.56 Å². The Morgan fingerprint density at radius 1 is 1.04 bits per heavy atom. The number of rotatable bonds is 5. The highest BCUT2D eigenvalue weighted by atomic mass is 32.1. The first-order chi connectivity index (χ1) is 11.6. The van der Waals surface area contributed by atoms with E-state index in [4.69, 9.17) is 17.0 Å². The van der Waals surface area contributed by atoms with Gasteiger partial charge in [0.15, 0.2) is 5.11 Å². The van der Waals surface area contributed by atoms with Crippen LogP contribution in [-0.2, 0) is 16.0 Å². The van der Waals surface area contributed by atoms with Crippen LogP contribution < -0.4 is 10.6 Å². The van der Waals surface area contributed by atoms with Gasteiger partial charge in [0, 0.05) is 12.0 Å². The Balaban J connectivity index is 1.99. The minimum Gasteiger partial charge on any atom is -0.467 e. The van der Waals surface area contributed by atoms with Gasteiger partial charge in [0.2, 0.25) is 0 Å². The van der Waals surface area contributed by atoms with Crippen LogP contribution in [0.3, 0.4) is 0 Å². The first-order valence-electron chi connectivity index (χ1n) is 7.39. The quantitative estimate of drug-likeness (QED) is 0.643. The molecule has 5 nitrogen and oxygen atoms in total. The van der Waals surface area contributed by atoms with Crippen molar-refractivity contribution >= 4 is 29.2 Å². The number of carbonyl (C=O) groups is 2. The summed E-state index contributed by atoms with van der Waals surface area (Å²) in [6, 6.07) is 17.5. The second kappa shape index (κ2) is 8.79. The van der Waals surface area contributed by atoms with Crippen molar-refractivity contribution in [2.24, 2.45) is 0 Å². The number of esters is 1. The molecule has 1 atom stereocenters. The van der Waals surface area contributed by atoms with Crippen molar-refractivity contribution in [3.63, 3.8) is 0 Å². The van der Waals surface area contributed by atoms with E-state index in [0.29, 0.717) is 12.0 Å². The average Bonchev–Trinajstić information content (AvgIpc) is 2.62. The monoisotopic (exact) mass is 342 g/mol. The van der Waals surface area contributed by atoms with Gasteiger partial charge in [0.1, 0.15) is 6.04 Å². The smallest absolute Gasteiger partial charge is 0.328 e. The van der Waals surface area contributed by atoms with Gasteiger partial charge >= 0.3 is 5.97 Å². The lowest BCUT2D eigenvalue weighted by molar-refractivity contribution is -0.142. The first-order valence-corrected chi connectivity index (χ1v) is 7.79. The van der Waals surface area contributed by atoms with Crippen LogP contribution in [0, 0.1) is 0 Å². The molecule has 0 aliphatic rings. The molecule has 0 aliphatic heterocycles. The molecule has 124 valence electrons. The minimum atomic E-state index is -0.680. The maximum absolute atomic E-state index is 12.1. The molecule has 0 bridgehead atoms. The van der Waals surface area contributed by atoms with E-state index in [1.165, 1.54) is 7.11 Å². The zero-order chi connectivity index (χ0) is 17.4. The summed E-state index contributed by atoms with van der Waals surface area (Å²) in [6.07, 6.45) is 0.398. The van der Waals surface area contributed by atoms with E-state index in [2.05, 4.69) is 10.6 Å². The van der Waals surface area contributed by atoms with Gasteiger partial charge in [-0.2, -0.15) is 0 Å². The van der Waals surface area contributed by atoms with Crippen molar-refractivity contribution in [2.45, 2.75) is 12.5 Å². The number of methoxy groups -OCH3 is 1. The zero-order valence-electron chi connectivity index (χ0n) is 13.2. The predicted molar refractivity (Wildman–Crippen MR) is 95.6 cm³/mol. The molecule has 0 spiro atoms. The van der Waals surface area contributed by atoms with E-state index < -0.39 is 12.0 Å². The summed E-state index contributed by atoms with van der Waals surface area (Å²) in [7, 11) is 1.31. The van der Waals surface area contributed by atoms with Gasteiger partial charge in [0.05, 0.1) is 7.11 Å². The van der Waals surface area contributed by atoms with E-state index in [1.54, 1.807) is 24.3 Å². The number of nitrogens with one attached hydrogen (secondary N) is 2. The Morgan fingerprint density at radius 2 is 1.62 bits per heavy atom. The van der Waals surface area contributed by atoms with Crippen LogP contribution in [0.5, 0.6) is 0 Å². The molecule has 0 saturated heterocycles. The van der Waals surface area contributed by atoms with E-state index in [9.17, 15) is 9.59 Å². The highest BCUT2D eigenvalue weighted by Crippen LogP contribution is 2.05. The Hall–Kier alpha value is -2.73. The third-order valence-corrected chi connectivity index (χ3v) is 3.56. The number of amides is 1. The third kappa shape index (κ3) is 5.17. The summed E-state index contributed by atoms with van der Waals surface area (Å²) in [5, 5.41) is 5.49. The molecule has 0 saturated carbocycles. The van der Waals surface area contributed by atoms with Gasteiger partial charge in [-0.25, -0.2) is 4.79 Å². The van der Waals surface area contributed by atoms with Crippen LogP contribution in [0.2, 0.25) is 0 Å². The number of thiocarbonyl (C=S) groups is 1. The summed E-state index contributed by atoms with van der Waals surface area (Å²) in [6.45, 7) is 0. The number of carbonyl (C=O) groups excluding carboxylic acids is 2. The van der Waals surface area contributed by atoms with Crippen LogP contribution in [0.25, 0.3) is 0 Å². The standard InChI is InChI=1S/C18H18N2O3S/c1-23-17(22)15(12-13-8-4-2-5-9-13)19-18(24)20-16(21)14-10-6-3-7-11-14/h2-11,15H,12H2,1H3,(H2,19,20,21,24)/t15-/m0/s1. The van der Waals surface area contributed by atoms with Gasteiger partial charge in [-0.15, -0.1) is 0 Å². The number of benzene rings is 2. The molecule has 0 aliphatic carbocycles. The summed E-state index contributed by atoms with van der Waals surface area (Å²) < 4.78 is 4.80. The molecule has 0 fully saturated rings. The molecule has 0 unspecified atom stereocenters. The van der Waals surface area contributed by atoms with Gasteiger partial charge in [-0.1, -0.05) is 48.5 Å². The summed E-state index contributed by atoms with van der Waals surface area (Å²) in [5.41, 5.74) is 1.44. The number of ether oxygens (including phenoxy) is 1. The molecular weight excluding hydrogens is 324 g/mol. The molecule has 24 heavy (non-hydrogen) atoms. The predicted octanol–water partition coefficient (Wildman–Crippen LogP) is 2.08.